The lowest BCUT2D eigenvalue weighted by molar-refractivity contribution is 0.00634. The normalized spacial score (nSPS) is 11.7. The minimum absolute atomic E-state index is 0.0805. The van der Waals surface area contributed by atoms with Gasteiger partial charge >= 0.3 is 5.97 Å². The fraction of sp³-hybridized carbons (Fsp3) is 0.278. The van der Waals surface area contributed by atoms with E-state index >= 15 is 0 Å². The minimum Gasteiger partial charge on any atom is -0.508 e. The molecule has 0 saturated heterocycles. The van der Waals surface area contributed by atoms with Crippen LogP contribution in [0.25, 0.3) is 16.5 Å². The van der Waals surface area contributed by atoms with E-state index in [0.717, 1.165) is 4.88 Å². The second kappa shape index (κ2) is 6.00. The molecule has 6 nitrogen and oxygen atoms in total. The molecule has 3 aromatic rings. The lowest BCUT2D eigenvalue weighted by Gasteiger charge is -2.19. The van der Waals surface area contributed by atoms with Crippen molar-refractivity contribution in [2.75, 3.05) is 0 Å². The van der Waals surface area contributed by atoms with Gasteiger partial charge in [0, 0.05) is 15.6 Å². The fourth-order valence-corrected chi connectivity index (χ4v) is 3.29. The number of nitrogens with zero attached hydrogens (tertiary/aromatic N) is 2. The molecular weight excluding hydrogens is 340 g/mol. The Hall–Kier alpha value is -2.67. The Morgan fingerprint density at radius 3 is 2.48 bits per heavy atom. The van der Waals surface area contributed by atoms with Crippen LogP contribution in [0.5, 0.6) is 5.75 Å². The summed E-state index contributed by atoms with van der Waals surface area (Å²) in [6.45, 7) is 7.15. The predicted molar refractivity (Wildman–Crippen MR) is 96.8 cm³/mol. The molecular formula is C18H18N2O4S. The van der Waals surface area contributed by atoms with Crippen LogP contribution in [0.3, 0.4) is 0 Å². The average molecular weight is 358 g/mol. The lowest BCUT2D eigenvalue weighted by Crippen LogP contribution is -2.28. The molecule has 0 atom stereocenters. The maximum Gasteiger partial charge on any atom is 0.360 e. The van der Waals surface area contributed by atoms with Crippen molar-refractivity contribution in [2.45, 2.75) is 33.3 Å². The van der Waals surface area contributed by atoms with Crippen LogP contribution >= 0.6 is 11.3 Å². The molecule has 0 amide bonds. The third-order valence-corrected chi connectivity index (χ3v) is 4.43. The molecule has 0 aliphatic heterocycles. The summed E-state index contributed by atoms with van der Waals surface area (Å²) in [7, 11) is 0. The van der Waals surface area contributed by atoms with Gasteiger partial charge in [0.05, 0.1) is 11.1 Å². The number of aryl methyl sites for hydroxylation is 1. The van der Waals surface area contributed by atoms with E-state index < -0.39 is 11.6 Å². The van der Waals surface area contributed by atoms with Gasteiger partial charge in [-0.1, -0.05) is 0 Å². The van der Waals surface area contributed by atoms with Crippen molar-refractivity contribution in [1.82, 2.24) is 9.78 Å². The van der Waals surface area contributed by atoms with Gasteiger partial charge in [-0.05, 0) is 52.0 Å². The summed E-state index contributed by atoms with van der Waals surface area (Å²) in [5.41, 5.74) is -0.427. The van der Waals surface area contributed by atoms with Crippen molar-refractivity contribution >= 4 is 28.1 Å². The van der Waals surface area contributed by atoms with Crippen LogP contribution in [0, 0.1) is 6.92 Å². The number of benzene rings is 1. The summed E-state index contributed by atoms with van der Waals surface area (Å²) in [5, 5.41) is 16.4. The highest BCUT2D eigenvalue weighted by molar-refractivity contribution is 7.11. The van der Waals surface area contributed by atoms with Gasteiger partial charge in [0.1, 0.15) is 11.4 Å². The zero-order valence-corrected chi connectivity index (χ0v) is 15.2. The van der Waals surface area contributed by atoms with Crippen molar-refractivity contribution in [2.24, 2.45) is 0 Å². The smallest absolute Gasteiger partial charge is 0.360 e. The first-order valence-electron chi connectivity index (χ1n) is 7.71. The number of aromatic hydroxyl groups is 1. The second-order valence-corrected chi connectivity index (χ2v) is 7.75. The summed E-state index contributed by atoms with van der Waals surface area (Å²) in [6.07, 6.45) is 0. The molecule has 3 rings (SSSR count). The molecule has 2 aromatic heterocycles. The van der Waals surface area contributed by atoms with Crippen molar-refractivity contribution in [3.63, 3.8) is 0 Å². The molecule has 1 N–H and O–H groups in total. The lowest BCUT2D eigenvalue weighted by atomic mass is 10.1. The Bertz CT molecular complexity index is 1010. The summed E-state index contributed by atoms with van der Waals surface area (Å²) >= 11 is 1.39. The highest BCUT2D eigenvalue weighted by atomic mass is 32.1. The number of carbonyl (C=O) groups excluding carboxylic acids is 1. The third kappa shape index (κ3) is 3.28. The first kappa shape index (κ1) is 17.2. The van der Waals surface area contributed by atoms with Gasteiger partial charge < -0.3 is 9.84 Å². The number of esters is 1. The van der Waals surface area contributed by atoms with E-state index in [4.69, 9.17) is 4.74 Å². The Morgan fingerprint density at radius 2 is 1.88 bits per heavy atom. The quantitative estimate of drug-likeness (QED) is 0.710. The van der Waals surface area contributed by atoms with Crippen molar-refractivity contribution < 1.29 is 14.6 Å². The van der Waals surface area contributed by atoms with Crippen LogP contribution in [0.1, 0.15) is 36.1 Å². The zero-order valence-electron chi connectivity index (χ0n) is 14.4. The van der Waals surface area contributed by atoms with Gasteiger partial charge in [-0.15, -0.1) is 11.3 Å². The molecule has 130 valence electrons. The van der Waals surface area contributed by atoms with E-state index in [1.165, 1.54) is 28.2 Å². The number of rotatable bonds is 2. The number of phenolic OH excluding ortho intramolecular Hbond substituents is 1. The molecule has 0 bridgehead atoms. The van der Waals surface area contributed by atoms with E-state index in [-0.39, 0.29) is 17.0 Å². The Kier molecular flexibility index (Phi) is 4.12. The highest BCUT2D eigenvalue weighted by Crippen LogP contribution is 2.26. The summed E-state index contributed by atoms with van der Waals surface area (Å²) in [6, 6.07) is 6.05. The van der Waals surface area contributed by atoms with Crippen LogP contribution in [-0.2, 0) is 4.74 Å². The SMILES string of the molecule is Cc1scc2c(C(=O)OC(C)(C)C)nn(-c3ccc(O)cc3)c(=O)c12. The molecule has 0 aliphatic carbocycles. The van der Waals surface area contributed by atoms with Gasteiger partial charge in [0.2, 0.25) is 0 Å². The van der Waals surface area contributed by atoms with Gasteiger partial charge in [0.15, 0.2) is 5.69 Å². The standard InChI is InChI=1S/C18H18N2O4S/c1-10-14-13(9-25-10)15(17(23)24-18(2,3)4)19-20(16(14)22)11-5-7-12(21)8-6-11/h5-9,21H,1-4H3. The number of hydrogen-bond acceptors (Lipinski definition) is 6. The van der Waals surface area contributed by atoms with Gasteiger partial charge in [0.25, 0.3) is 5.56 Å². The Balaban J connectivity index is 2.27. The first-order chi connectivity index (χ1) is 11.7. The van der Waals surface area contributed by atoms with Crippen molar-refractivity contribution in [1.29, 1.82) is 0 Å². The number of carbonyl (C=O) groups is 1. The number of ether oxygens (including phenoxy) is 1. The van der Waals surface area contributed by atoms with Crippen molar-refractivity contribution in [3.05, 3.63) is 50.6 Å². The molecule has 25 heavy (non-hydrogen) atoms. The molecule has 0 unspecified atom stereocenters. The van der Waals surface area contributed by atoms with E-state index in [1.54, 1.807) is 38.3 Å². The molecule has 7 heteroatoms. The van der Waals surface area contributed by atoms with Crippen LogP contribution in [0.15, 0.2) is 34.4 Å². The highest BCUT2D eigenvalue weighted by Gasteiger charge is 2.25. The monoisotopic (exact) mass is 358 g/mol. The van der Waals surface area contributed by atoms with Crippen molar-refractivity contribution in [3.8, 4) is 11.4 Å². The molecule has 1 aromatic carbocycles. The largest absolute Gasteiger partial charge is 0.508 e. The van der Waals surface area contributed by atoms with E-state index in [9.17, 15) is 14.7 Å². The molecule has 0 radical (unpaired) electrons. The van der Waals surface area contributed by atoms with Gasteiger partial charge in [-0.2, -0.15) is 9.78 Å². The second-order valence-electron chi connectivity index (χ2n) is 6.66. The number of thiophene rings is 1. The average Bonchev–Trinajstić information content (AvgIpc) is 2.89. The fourth-order valence-electron chi connectivity index (χ4n) is 2.45. The molecule has 0 fully saturated rings. The maximum absolute atomic E-state index is 12.8. The van der Waals surface area contributed by atoms with E-state index in [0.29, 0.717) is 16.5 Å². The van der Waals surface area contributed by atoms with Gasteiger partial charge in [-0.25, -0.2) is 4.79 Å². The van der Waals surface area contributed by atoms with E-state index in [1.807, 2.05) is 6.92 Å². The van der Waals surface area contributed by atoms with Crippen LogP contribution in [0.2, 0.25) is 0 Å². The molecule has 0 aliphatic rings. The van der Waals surface area contributed by atoms with Crippen LogP contribution < -0.4 is 5.56 Å². The summed E-state index contributed by atoms with van der Waals surface area (Å²) < 4.78 is 6.61. The number of aromatic nitrogens is 2. The number of fused-ring (bicyclic) bond motifs is 1. The van der Waals surface area contributed by atoms with E-state index in [2.05, 4.69) is 5.10 Å². The van der Waals surface area contributed by atoms with Gasteiger partial charge in [-0.3, -0.25) is 4.79 Å². The number of phenols is 1. The Morgan fingerprint density at radius 1 is 1.24 bits per heavy atom. The van der Waals surface area contributed by atoms with Crippen LogP contribution in [0.4, 0.5) is 0 Å². The molecule has 2 heterocycles. The predicted octanol–water partition coefficient (Wildman–Crippen LogP) is 3.42. The molecule has 0 spiro atoms. The topological polar surface area (TPSA) is 81.4 Å². The van der Waals surface area contributed by atoms with Crippen LogP contribution in [-0.4, -0.2) is 26.5 Å². The Labute approximate surface area is 148 Å². The summed E-state index contributed by atoms with van der Waals surface area (Å²) in [5.74, 6) is -0.500. The third-order valence-electron chi connectivity index (χ3n) is 3.52. The first-order valence-corrected chi connectivity index (χ1v) is 8.59. The zero-order chi connectivity index (χ0) is 18.4. The minimum atomic E-state index is -0.671. The summed E-state index contributed by atoms with van der Waals surface area (Å²) in [4.78, 5) is 26.3. The number of hydrogen-bond donors (Lipinski definition) is 1. The molecule has 0 saturated carbocycles. The maximum atomic E-state index is 12.8.